The number of carbonyl (C=O) groups is 1. The van der Waals surface area contributed by atoms with E-state index in [1.54, 1.807) is 17.8 Å². The number of fused-ring (bicyclic) bond motifs is 1. The molecule has 2 heterocycles. The summed E-state index contributed by atoms with van der Waals surface area (Å²) in [6.07, 6.45) is 1.05. The third-order valence-corrected chi connectivity index (χ3v) is 9.63. The summed E-state index contributed by atoms with van der Waals surface area (Å²) in [4.78, 5) is 13.9. The summed E-state index contributed by atoms with van der Waals surface area (Å²) < 4.78 is 51.0. The smallest absolute Gasteiger partial charge is 0.251 e. The third-order valence-electron chi connectivity index (χ3n) is 5.22. The zero-order valence-corrected chi connectivity index (χ0v) is 18.5. The molecule has 10 heteroatoms. The molecule has 0 aliphatic carbocycles. The Balaban J connectivity index is 1.50. The topological polar surface area (TPSA) is 109 Å². The average molecular weight is 467 g/mol. The van der Waals surface area contributed by atoms with Gasteiger partial charge in [0.05, 0.1) is 22.4 Å². The number of sulfone groups is 1. The highest BCUT2D eigenvalue weighted by Gasteiger charge is 2.31. The number of amides is 1. The van der Waals surface area contributed by atoms with Gasteiger partial charge in [-0.05, 0) is 42.7 Å². The van der Waals surface area contributed by atoms with E-state index in [1.165, 1.54) is 18.2 Å². The quantitative estimate of drug-likeness (QED) is 0.699. The van der Waals surface area contributed by atoms with Crippen LogP contribution < -0.4 is 10.0 Å². The number of hydrogen-bond acceptors (Lipinski definition) is 6. The molecule has 30 heavy (non-hydrogen) atoms. The molecule has 2 aliphatic heterocycles. The fraction of sp³-hybridized carbons (Fsp3) is 0.350. The number of thioether (sulfide) groups is 1. The summed E-state index contributed by atoms with van der Waals surface area (Å²) in [6.45, 7) is 0. The molecule has 4 rings (SSSR count). The molecule has 1 fully saturated rings. The van der Waals surface area contributed by atoms with Crippen LogP contribution in [0.1, 0.15) is 34.8 Å². The summed E-state index contributed by atoms with van der Waals surface area (Å²) in [6, 6.07) is 13.0. The lowest BCUT2D eigenvalue weighted by Gasteiger charge is -2.26. The molecule has 0 aromatic heterocycles. The van der Waals surface area contributed by atoms with E-state index in [-0.39, 0.29) is 40.3 Å². The summed E-state index contributed by atoms with van der Waals surface area (Å²) in [5.41, 5.74) is 1.31. The number of benzene rings is 2. The van der Waals surface area contributed by atoms with Crippen LogP contribution >= 0.6 is 11.8 Å². The van der Waals surface area contributed by atoms with E-state index in [2.05, 4.69) is 10.0 Å². The SMILES string of the molecule is O=C(NC1CCSc2ccccc21)c1cccc(S(=O)(=O)NC2CCS(=O)(=O)C2)c1. The first-order valence-corrected chi connectivity index (χ1v) is 13.9. The van der Waals surface area contributed by atoms with Crippen LogP contribution in [0.2, 0.25) is 0 Å². The highest BCUT2D eigenvalue weighted by molar-refractivity contribution is 7.99. The second kappa shape index (κ2) is 8.33. The molecule has 7 nitrogen and oxygen atoms in total. The fourth-order valence-electron chi connectivity index (χ4n) is 3.71. The van der Waals surface area contributed by atoms with Crippen LogP contribution in [0.25, 0.3) is 0 Å². The molecule has 2 aromatic carbocycles. The van der Waals surface area contributed by atoms with E-state index >= 15 is 0 Å². The lowest BCUT2D eigenvalue weighted by Crippen LogP contribution is -2.35. The van der Waals surface area contributed by atoms with Crippen molar-refractivity contribution in [3.05, 3.63) is 59.7 Å². The first kappa shape index (κ1) is 21.4. The monoisotopic (exact) mass is 466 g/mol. The number of nitrogens with one attached hydrogen (secondary N) is 2. The molecule has 2 aromatic rings. The largest absolute Gasteiger partial charge is 0.345 e. The molecule has 2 aliphatic rings. The van der Waals surface area contributed by atoms with Gasteiger partial charge in [0.25, 0.3) is 5.91 Å². The Kier molecular flexibility index (Phi) is 5.93. The highest BCUT2D eigenvalue weighted by Crippen LogP contribution is 2.36. The molecule has 0 radical (unpaired) electrons. The van der Waals surface area contributed by atoms with E-state index in [1.807, 2.05) is 24.3 Å². The average Bonchev–Trinajstić information content (AvgIpc) is 3.06. The van der Waals surface area contributed by atoms with Crippen LogP contribution in [0.5, 0.6) is 0 Å². The fourth-order valence-corrected chi connectivity index (χ4v) is 7.93. The van der Waals surface area contributed by atoms with Crippen molar-refractivity contribution in [3.63, 3.8) is 0 Å². The first-order chi connectivity index (χ1) is 14.2. The van der Waals surface area contributed by atoms with Crippen LogP contribution in [-0.2, 0) is 19.9 Å². The lowest BCUT2D eigenvalue weighted by atomic mass is 10.0. The minimum absolute atomic E-state index is 0.0240. The lowest BCUT2D eigenvalue weighted by molar-refractivity contribution is 0.0934. The molecule has 0 saturated carbocycles. The molecular formula is C20H22N2O5S3. The van der Waals surface area contributed by atoms with Crippen molar-refractivity contribution in [3.8, 4) is 0 Å². The van der Waals surface area contributed by atoms with Crippen LogP contribution in [0, 0.1) is 0 Å². The highest BCUT2D eigenvalue weighted by atomic mass is 32.2. The minimum atomic E-state index is -3.93. The standard InChI is InChI=1S/C20H22N2O5S3/c23-20(21-18-8-10-28-19-7-2-1-6-17(18)19)14-4-3-5-16(12-14)30(26,27)22-15-9-11-29(24,25)13-15/h1-7,12,15,18,22H,8-11,13H2,(H,21,23). The number of rotatable bonds is 5. The van der Waals surface area contributed by atoms with Gasteiger partial charge in [-0.25, -0.2) is 21.6 Å². The molecule has 0 spiro atoms. The van der Waals surface area contributed by atoms with Crippen molar-refractivity contribution < 1.29 is 21.6 Å². The van der Waals surface area contributed by atoms with Gasteiger partial charge in [0.2, 0.25) is 10.0 Å². The van der Waals surface area contributed by atoms with Crippen LogP contribution in [0.15, 0.2) is 58.3 Å². The Labute approximate surface area is 180 Å². The van der Waals surface area contributed by atoms with Crippen molar-refractivity contribution in [1.82, 2.24) is 10.0 Å². The summed E-state index contributed by atoms with van der Waals surface area (Å²) in [7, 11) is -7.13. The van der Waals surface area contributed by atoms with Crippen LogP contribution in [-0.4, -0.2) is 46.0 Å². The third kappa shape index (κ3) is 4.72. The van der Waals surface area contributed by atoms with E-state index < -0.39 is 25.9 Å². The number of sulfonamides is 1. The Hall–Kier alpha value is -1.88. The maximum absolute atomic E-state index is 12.8. The predicted molar refractivity (Wildman–Crippen MR) is 116 cm³/mol. The van der Waals surface area contributed by atoms with Crippen molar-refractivity contribution >= 4 is 37.5 Å². The maximum Gasteiger partial charge on any atom is 0.251 e. The Morgan fingerprint density at radius 3 is 2.63 bits per heavy atom. The molecule has 1 saturated heterocycles. The van der Waals surface area contributed by atoms with Gasteiger partial charge < -0.3 is 5.32 Å². The van der Waals surface area contributed by atoms with Gasteiger partial charge in [0, 0.05) is 22.3 Å². The van der Waals surface area contributed by atoms with E-state index in [9.17, 15) is 21.6 Å². The van der Waals surface area contributed by atoms with Crippen LogP contribution in [0.3, 0.4) is 0 Å². The molecule has 2 atom stereocenters. The Morgan fingerprint density at radius 2 is 1.87 bits per heavy atom. The molecular weight excluding hydrogens is 444 g/mol. The van der Waals surface area contributed by atoms with Gasteiger partial charge in [-0.1, -0.05) is 24.3 Å². The van der Waals surface area contributed by atoms with Crippen molar-refractivity contribution in [2.24, 2.45) is 0 Å². The normalized spacial score (nSPS) is 22.9. The Bertz CT molecular complexity index is 1180. The molecule has 0 bridgehead atoms. The van der Waals surface area contributed by atoms with Gasteiger partial charge in [-0.3, -0.25) is 4.79 Å². The van der Waals surface area contributed by atoms with Gasteiger partial charge in [-0.2, -0.15) is 0 Å². The maximum atomic E-state index is 12.8. The van der Waals surface area contributed by atoms with Crippen molar-refractivity contribution in [2.75, 3.05) is 17.3 Å². The molecule has 2 N–H and O–H groups in total. The molecule has 1 amide bonds. The minimum Gasteiger partial charge on any atom is -0.345 e. The van der Waals surface area contributed by atoms with Gasteiger partial charge in [-0.15, -0.1) is 11.8 Å². The zero-order chi connectivity index (χ0) is 21.4. The van der Waals surface area contributed by atoms with E-state index in [0.717, 1.165) is 22.6 Å². The summed E-state index contributed by atoms with van der Waals surface area (Å²) in [5.74, 6) is 0.321. The second-order valence-electron chi connectivity index (χ2n) is 7.45. The zero-order valence-electron chi connectivity index (χ0n) is 16.1. The predicted octanol–water partition coefficient (Wildman–Crippen LogP) is 2.12. The van der Waals surface area contributed by atoms with Gasteiger partial charge in [0.15, 0.2) is 9.84 Å². The van der Waals surface area contributed by atoms with Gasteiger partial charge in [0.1, 0.15) is 0 Å². The van der Waals surface area contributed by atoms with E-state index in [0.29, 0.717) is 0 Å². The number of hydrogen-bond donors (Lipinski definition) is 2. The van der Waals surface area contributed by atoms with Crippen molar-refractivity contribution in [2.45, 2.75) is 34.7 Å². The van der Waals surface area contributed by atoms with E-state index in [4.69, 9.17) is 0 Å². The van der Waals surface area contributed by atoms with Gasteiger partial charge >= 0.3 is 0 Å². The number of carbonyl (C=O) groups excluding carboxylic acids is 1. The summed E-state index contributed by atoms with van der Waals surface area (Å²) in [5, 5.41) is 3.01. The summed E-state index contributed by atoms with van der Waals surface area (Å²) >= 11 is 1.75. The first-order valence-electron chi connectivity index (χ1n) is 9.59. The molecule has 2 unspecified atom stereocenters. The van der Waals surface area contributed by atoms with Crippen LogP contribution in [0.4, 0.5) is 0 Å². The Morgan fingerprint density at radius 1 is 1.07 bits per heavy atom. The second-order valence-corrected chi connectivity index (χ2v) is 12.5. The van der Waals surface area contributed by atoms with Crippen molar-refractivity contribution in [1.29, 1.82) is 0 Å². The molecule has 160 valence electrons.